The molecule has 5 heteroatoms. The highest BCUT2D eigenvalue weighted by atomic mass is 19.1. The lowest BCUT2D eigenvalue weighted by atomic mass is 10.2. The van der Waals surface area contributed by atoms with Crippen molar-refractivity contribution < 1.29 is 9.18 Å². The van der Waals surface area contributed by atoms with Gasteiger partial charge in [0, 0.05) is 24.2 Å². The largest absolute Gasteiger partial charge is 0.351 e. The highest BCUT2D eigenvalue weighted by Crippen LogP contribution is 2.11. The van der Waals surface area contributed by atoms with Gasteiger partial charge in [-0.15, -0.1) is 6.58 Å². The molecule has 0 unspecified atom stereocenters. The Hall–Kier alpha value is -2.43. The van der Waals surface area contributed by atoms with E-state index in [4.69, 9.17) is 0 Å². The maximum atomic E-state index is 13.1. The van der Waals surface area contributed by atoms with Gasteiger partial charge >= 0.3 is 0 Å². The van der Waals surface area contributed by atoms with Gasteiger partial charge in [-0.2, -0.15) is 0 Å². The number of rotatable bonds is 4. The molecule has 0 spiro atoms. The average molecular weight is 260 g/mol. The number of halogens is 1. The number of carbonyl (C=O) groups excluding carboxylic acids is 1. The van der Waals surface area contributed by atoms with Gasteiger partial charge in [-0.3, -0.25) is 9.59 Å². The van der Waals surface area contributed by atoms with Crippen LogP contribution in [0.15, 0.2) is 47.9 Å². The van der Waals surface area contributed by atoms with Crippen LogP contribution in [0, 0.1) is 5.82 Å². The second-order valence-corrected chi connectivity index (χ2v) is 4.06. The molecule has 19 heavy (non-hydrogen) atoms. The quantitative estimate of drug-likeness (QED) is 0.846. The number of aromatic nitrogens is 1. The molecule has 0 aliphatic carbocycles. The molecule has 98 valence electrons. The lowest BCUT2D eigenvalue weighted by Crippen LogP contribution is -2.28. The third kappa shape index (κ3) is 2.88. The Morgan fingerprint density at radius 2 is 2.21 bits per heavy atom. The summed E-state index contributed by atoms with van der Waals surface area (Å²) in [6, 6.07) is 5.26. The van der Waals surface area contributed by atoms with Gasteiger partial charge in [-0.25, -0.2) is 4.39 Å². The molecule has 0 atom stereocenters. The van der Waals surface area contributed by atoms with Crippen molar-refractivity contribution in [3.05, 3.63) is 59.2 Å². The Kier molecular flexibility index (Phi) is 3.75. The number of amides is 1. The summed E-state index contributed by atoms with van der Waals surface area (Å²) < 4.78 is 14.7. The predicted octanol–water partition coefficient (Wildman–Crippen LogP) is 1.44. The second kappa shape index (κ2) is 5.48. The van der Waals surface area contributed by atoms with Crippen molar-refractivity contribution in [2.45, 2.75) is 6.54 Å². The van der Waals surface area contributed by atoms with E-state index >= 15 is 0 Å². The zero-order chi connectivity index (χ0) is 13.8. The van der Waals surface area contributed by atoms with Crippen LogP contribution in [-0.2, 0) is 11.3 Å². The molecule has 1 heterocycles. The number of nitrogens with zero attached hydrogens (tertiary/aromatic N) is 1. The first-order valence-electron chi connectivity index (χ1n) is 5.78. The lowest BCUT2D eigenvalue weighted by molar-refractivity contribution is -0.121. The molecule has 1 amide bonds. The van der Waals surface area contributed by atoms with E-state index < -0.39 is 5.82 Å². The normalized spacial score (nSPS) is 10.4. The summed E-state index contributed by atoms with van der Waals surface area (Å²) in [4.78, 5) is 23.3. The summed E-state index contributed by atoms with van der Waals surface area (Å²) in [5.74, 6) is -0.673. The SMILES string of the molecule is C=CCNC(=O)Cn1ccc(=O)c2cc(F)ccc21. The zero-order valence-electron chi connectivity index (χ0n) is 10.2. The van der Waals surface area contributed by atoms with Crippen LogP contribution in [0.2, 0.25) is 0 Å². The van der Waals surface area contributed by atoms with Crippen molar-refractivity contribution in [2.24, 2.45) is 0 Å². The number of fused-ring (bicyclic) bond motifs is 1. The van der Waals surface area contributed by atoms with Crippen LogP contribution < -0.4 is 10.7 Å². The average Bonchev–Trinajstić information content (AvgIpc) is 2.40. The summed E-state index contributed by atoms with van der Waals surface area (Å²) in [5.41, 5.74) is 0.264. The molecule has 2 rings (SSSR count). The Bertz CT molecular complexity index is 691. The standard InChI is InChI=1S/C14H13FN2O2/c1-2-6-16-14(19)9-17-7-5-13(18)11-8-10(15)3-4-12(11)17/h2-5,7-8H,1,6,9H2,(H,16,19). The molecule has 0 saturated carbocycles. The van der Waals surface area contributed by atoms with Crippen molar-refractivity contribution in [1.29, 1.82) is 0 Å². The van der Waals surface area contributed by atoms with Gasteiger partial charge in [-0.05, 0) is 18.2 Å². The van der Waals surface area contributed by atoms with Crippen molar-refractivity contribution >= 4 is 16.8 Å². The predicted molar refractivity (Wildman–Crippen MR) is 71.4 cm³/mol. The van der Waals surface area contributed by atoms with Gasteiger partial charge < -0.3 is 9.88 Å². The van der Waals surface area contributed by atoms with Gasteiger partial charge in [0.05, 0.1) is 5.52 Å². The van der Waals surface area contributed by atoms with E-state index in [0.717, 1.165) is 0 Å². The smallest absolute Gasteiger partial charge is 0.240 e. The molecule has 2 aromatic rings. The molecule has 0 radical (unpaired) electrons. The van der Waals surface area contributed by atoms with E-state index in [1.54, 1.807) is 10.6 Å². The van der Waals surface area contributed by atoms with Crippen LogP contribution in [0.25, 0.3) is 10.9 Å². The summed E-state index contributed by atoms with van der Waals surface area (Å²) in [5, 5.41) is 2.90. The molecule has 1 aromatic heterocycles. The monoisotopic (exact) mass is 260 g/mol. The Labute approximate surface area is 109 Å². The summed E-state index contributed by atoms with van der Waals surface area (Å²) in [6.45, 7) is 3.95. The molecular weight excluding hydrogens is 247 g/mol. The molecular formula is C14H13FN2O2. The Morgan fingerprint density at radius 3 is 2.95 bits per heavy atom. The maximum absolute atomic E-state index is 13.1. The third-order valence-corrected chi connectivity index (χ3v) is 2.70. The lowest BCUT2D eigenvalue weighted by Gasteiger charge is -2.10. The summed E-state index contributed by atoms with van der Waals surface area (Å²) in [7, 11) is 0. The number of nitrogens with one attached hydrogen (secondary N) is 1. The van der Waals surface area contributed by atoms with E-state index in [1.807, 2.05) is 0 Å². The van der Waals surface area contributed by atoms with E-state index in [-0.39, 0.29) is 23.3 Å². The van der Waals surface area contributed by atoms with Gasteiger partial charge in [0.2, 0.25) is 5.91 Å². The van der Waals surface area contributed by atoms with E-state index in [9.17, 15) is 14.0 Å². The van der Waals surface area contributed by atoms with E-state index in [1.165, 1.54) is 30.5 Å². The number of benzene rings is 1. The van der Waals surface area contributed by atoms with Gasteiger partial charge in [0.25, 0.3) is 0 Å². The molecule has 4 nitrogen and oxygen atoms in total. The minimum Gasteiger partial charge on any atom is -0.351 e. The molecule has 0 aliphatic heterocycles. The topological polar surface area (TPSA) is 51.1 Å². The van der Waals surface area contributed by atoms with Crippen molar-refractivity contribution in [1.82, 2.24) is 9.88 Å². The van der Waals surface area contributed by atoms with Gasteiger partial charge in [0.1, 0.15) is 12.4 Å². The van der Waals surface area contributed by atoms with Crippen LogP contribution >= 0.6 is 0 Å². The number of hydrogen-bond donors (Lipinski definition) is 1. The van der Waals surface area contributed by atoms with E-state index in [2.05, 4.69) is 11.9 Å². The molecule has 0 aliphatic rings. The fourth-order valence-electron chi connectivity index (χ4n) is 1.82. The van der Waals surface area contributed by atoms with Crippen molar-refractivity contribution in [2.75, 3.05) is 6.54 Å². The Morgan fingerprint density at radius 1 is 1.42 bits per heavy atom. The Balaban J connectivity index is 2.39. The third-order valence-electron chi connectivity index (χ3n) is 2.70. The number of carbonyl (C=O) groups is 1. The molecule has 1 N–H and O–H groups in total. The fraction of sp³-hybridized carbons (Fsp3) is 0.143. The highest BCUT2D eigenvalue weighted by Gasteiger charge is 2.07. The number of hydrogen-bond acceptors (Lipinski definition) is 2. The van der Waals surface area contributed by atoms with Crippen LogP contribution in [0.5, 0.6) is 0 Å². The minimum absolute atomic E-state index is 0.0657. The molecule has 1 aromatic carbocycles. The first-order valence-corrected chi connectivity index (χ1v) is 5.78. The minimum atomic E-state index is -0.474. The van der Waals surface area contributed by atoms with Crippen molar-refractivity contribution in [3.8, 4) is 0 Å². The first kappa shape index (κ1) is 13.0. The molecule has 0 saturated heterocycles. The fourth-order valence-corrected chi connectivity index (χ4v) is 1.82. The summed E-state index contributed by atoms with van der Waals surface area (Å²) >= 11 is 0. The molecule has 0 fully saturated rings. The van der Waals surface area contributed by atoms with Gasteiger partial charge in [-0.1, -0.05) is 6.08 Å². The zero-order valence-corrected chi connectivity index (χ0v) is 10.2. The van der Waals surface area contributed by atoms with Crippen LogP contribution in [0.4, 0.5) is 4.39 Å². The highest BCUT2D eigenvalue weighted by molar-refractivity contribution is 5.82. The molecule has 0 bridgehead atoms. The van der Waals surface area contributed by atoms with Gasteiger partial charge in [0.15, 0.2) is 5.43 Å². The second-order valence-electron chi connectivity index (χ2n) is 4.06. The van der Waals surface area contributed by atoms with Crippen molar-refractivity contribution in [3.63, 3.8) is 0 Å². The number of pyridine rings is 1. The van der Waals surface area contributed by atoms with Crippen LogP contribution in [0.1, 0.15) is 0 Å². The first-order chi connectivity index (χ1) is 9.11. The maximum Gasteiger partial charge on any atom is 0.240 e. The van der Waals surface area contributed by atoms with Crippen LogP contribution in [0.3, 0.4) is 0 Å². The summed E-state index contributed by atoms with van der Waals surface area (Å²) in [6.07, 6.45) is 3.10. The van der Waals surface area contributed by atoms with Crippen LogP contribution in [-0.4, -0.2) is 17.0 Å². The van der Waals surface area contributed by atoms with E-state index in [0.29, 0.717) is 12.1 Å².